The van der Waals surface area contributed by atoms with E-state index in [0.29, 0.717) is 0 Å². The van der Waals surface area contributed by atoms with Gasteiger partial charge in [0.2, 0.25) is 54.5 Å². The van der Waals surface area contributed by atoms with Crippen molar-refractivity contribution in [2.75, 3.05) is 0 Å². The number of aliphatic carboxylic acids is 3. The van der Waals surface area contributed by atoms with E-state index in [-0.39, 0.29) is 136 Å². The first-order valence-corrected chi connectivity index (χ1v) is 19.1. The Morgan fingerprint density at radius 1 is 0.619 bits per heavy atom. The fourth-order valence-corrected chi connectivity index (χ4v) is 5.61. The van der Waals surface area contributed by atoms with Crippen LogP contribution in [0, 0.1) is 5.92 Å². The van der Waals surface area contributed by atoms with Crippen LogP contribution in [-0.4, -0.2) is 106 Å². The second kappa shape index (κ2) is 32.4. The minimum Gasteiger partial charge on any atom is -0.773 e. The Morgan fingerprint density at radius 3 is 1.46 bits per heavy atom. The fraction of sp³-hybridized carbons (Fsp3) is 0.500. The quantitative estimate of drug-likeness (QED) is 0.0333. The van der Waals surface area contributed by atoms with Crippen LogP contribution in [0.4, 0.5) is 0 Å². The largest absolute Gasteiger partial charge is 1.00 e. The van der Waals surface area contributed by atoms with Crippen molar-refractivity contribution in [2.45, 2.75) is 102 Å². The first kappa shape index (κ1) is 67.3. The molecule has 0 bridgehead atoms. The Bertz CT molecular complexity index is 1840. The minimum absolute atomic E-state index is 0. The van der Waals surface area contributed by atoms with Gasteiger partial charge in [0.05, 0.1) is 0 Å². The Balaban J connectivity index is -0.00000435. The molecule has 0 saturated carbocycles. The summed E-state index contributed by atoms with van der Waals surface area (Å²) in [5, 5.41) is 46.8. The van der Waals surface area contributed by atoms with E-state index in [9.17, 15) is 77.5 Å². The van der Waals surface area contributed by atoms with Crippen LogP contribution in [-0.2, 0) is 58.9 Å². The number of carboxylic acids is 3. The Labute approximate surface area is 449 Å². The van der Waals surface area contributed by atoms with Crippen LogP contribution >= 0.6 is 7.60 Å². The number of nitrogens with two attached hydrogens (primary N) is 1. The van der Waals surface area contributed by atoms with E-state index in [0.717, 1.165) is 38.1 Å². The second-order valence-electron chi connectivity index (χ2n) is 13.5. The number of amides is 7. The zero-order valence-corrected chi connectivity index (χ0v) is 45.0. The molecule has 63 heavy (non-hydrogen) atoms. The van der Waals surface area contributed by atoms with Crippen LogP contribution in [0.15, 0.2) is 24.3 Å². The van der Waals surface area contributed by atoms with Gasteiger partial charge in [0.25, 0.3) is 0 Å². The van der Waals surface area contributed by atoms with Crippen molar-refractivity contribution in [3.8, 4) is 0 Å². The van der Waals surface area contributed by atoms with Crippen molar-refractivity contribution in [3.63, 3.8) is 0 Å². The standard InChI is InChI=1S/C34H48N7O17P.4Na/c1-15(2)11-21(28(35)49)39-32(53)22(12-18-5-7-19(8-6-18)34(55)59(56,57)58)41-30(51)20(9-10-25(43)44)38-33(54)24(14-27(47)48)40-29(50)16(3)36-31(52)23(13-26(45)46)37-17(4)42;;;;/h5-8,15-16,20-24H,9-14H2,1-4H3,(H2,35,49)(H,36,52)(H,37,42)(H,38,54)(H,39,53)(H,40,50)(H,41,51)(H,43,44)(H,45,46)(H,47,48)(H2,56,57,58);;;;/q;4*+1/p-4/t16-,20-,21-,22-,23-,24-;;;;/m0..../s1. The number of primary amides is 1. The molecule has 0 aliphatic heterocycles. The van der Waals surface area contributed by atoms with Gasteiger partial charge < -0.3 is 81.7 Å². The summed E-state index contributed by atoms with van der Waals surface area (Å²) in [6.07, 6.45) is -4.32. The third-order valence-electron chi connectivity index (χ3n) is 7.99. The van der Waals surface area contributed by atoms with Gasteiger partial charge in [0.15, 0.2) is 0 Å². The maximum Gasteiger partial charge on any atom is 1.00 e. The second-order valence-corrected chi connectivity index (χ2v) is 15.0. The summed E-state index contributed by atoms with van der Waals surface area (Å²) in [7, 11) is -5.42. The molecule has 1 rings (SSSR count). The molecule has 1 unspecified atom stereocenters. The first-order valence-electron chi connectivity index (χ1n) is 17.6. The predicted molar refractivity (Wildman–Crippen MR) is 189 cm³/mol. The molecule has 29 heteroatoms. The number of benzene rings is 1. The molecule has 24 nitrogen and oxygen atoms in total. The van der Waals surface area contributed by atoms with Crippen LogP contribution in [0.25, 0.3) is 0 Å². The average molecular weight is 946 g/mol. The van der Waals surface area contributed by atoms with E-state index in [1.807, 2.05) is 10.6 Å². The molecule has 1 aromatic rings. The molecule has 326 valence electrons. The number of nitrogens with one attached hydrogen (secondary N) is 6. The summed E-state index contributed by atoms with van der Waals surface area (Å²) in [6.45, 7) is 5.42. The molecule has 0 spiro atoms. The smallest absolute Gasteiger partial charge is 0.773 e. The van der Waals surface area contributed by atoms with E-state index in [4.69, 9.17) is 10.6 Å². The molecule has 7 amide bonds. The fourth-order valence-electron chi connectivity index (χ4n) is 5.13. The average Bonchev–Trinajstić information content (AvgIpc) is 3.10. The topological polar surface area (TPSA) is 416 Å². The van der Waals surface area contributed by atoms with Crippen molar-refractivity contribution in [1.29, 1.82) is 0 Å². The van der Waals surface area contributed by atoms with Crippen LogP contribution in [0.3, 0.4) is 0 Å². The van der Waals surface area contributed by atoms with E-state index < -0.39 is 146 Å². The molecule has 0 aliphatic rings. The van der Waals surface area contributed by atoms with Gasteiger partial charge in [-0.1, -0.05) is 38.1 Å². The Morgan fingerprint density at radius 2 is 1.03 bits per heavy atom. The SMILES string of the molecule is CC(=O)N[C@@H](CC(=O)[O-])C(=O)N[C@@H](C)C(=O)N[C@@H](CC(=O)[O-])C(=O)N[C@@H](CCC(=O)[O-])C(=O)N[C@@H](Cc1ccc(C(=O)P(=O)([O-])O)cc1)C(=O)N[C@@H](CC(C)C)C(N)=O.[Na+].[Na+].[Na+].[Na+]. The summed E-state index contributed by atoms with van der Waals surface area (Å²) in [4.78, 5) is 156. The van der Waals surface area contributed by atoms with Gasteiger partial charge in [-0.2, -0.15) is 0 Å². The predicted octanol–water partition coefficient (Wildman–Crippen LogP) is -19.8. The van der Waals surface area contributed by atoms with E-state index in [2.05, 4.69) is 21.3 Å². The molecule has 0 fully saturated rings. The van der Waals surface area contributed by atoms with Crippen molar-refractivity contribution in [1.82, 2.24) is 31.9 Å². The Hall–Kier alpha value is -2.26. The maximum atomic E-state index is 13.7. The minimum atomic E-state index is -5.42. The number of hydrogen-bond donors (Lipinski definition) is 8. The van der Waals surface area contributed by atoms with Crippen molar-refractivity contribution in [2.24, 2.45) is 11.7 Å². The third kappa shape index (κ3) is 26.5. The van der Waals surface area contributed by atoms with Crippen LogP contribution in [0.1, 0.15) is 75.7 Å². The van der Waals surface area contributed by atoms with Gasteiger partial charge in [-0.05, 0) is 37.7 Å². The van der Waals surface area contributed by atoms with E-state index >= 15 is 0 Å². The summed E-state index contributed by atoms with van der Waals surface area (Å²) in [6, 6.07) is -5.96. The van der Waals surface area contributed by atoms with Gasteiger partial charge in [-0.3, -0.25) is 38.4 Å². The monoisotopic (exact) mass is 945 g/mol. The number of carbonyl (C=O) groups is 11. The zero-order valence-electron chi connectivity index (χ0n) is 36.1. The van der Waals surface area contributed by atoms with Crippen molar-refractivity contribution < 1.29 is 201 Å². The van der Waals surface area contributed by atoms with Crippen LogP contribution in [0.5, 0.6) is 0 Å². The summed E-state index contributed by atoms with van der Waals surface area (Å²) in [5.74, 6) is -13.5. The van der Waals surface area contributed by atoms with Crippen LogP contribution in [0.2, 0.25) is 0 Å². The summed E-state index contributed by atoms with van der Waals surface area (Å²) in [5.41, 5.74) is 3.51. The summed E-state index contributed by atoms with van der Waals surface area (Å²) < 4.78 is 11.3. The van der Waals surface area contributed by atoms with E-state index in [1.54, 1.807) is 13.8 Å². The van der Waals surface area contributed by atoms with Gasteiger partial charge in [-0.25, -0.2) is 0 Å². The van der Waals surface area contributed by atoms with Gasteiger partial charge in [0.1, 0.15) is 36.3 Å². The number of rotatable bonds is 25. The summed E-state index contributed by atoms with van der Waals surface area (Å²) >= 11 is 0. The molecule has 0 saturated heterocycles. The van der Waals surface area contributed by atoms with Crippen LogP contribution < -0.4 is 176 Å². The molecule has 7 atom stereocenters. The first-order chi connectivity index (χ1) is 27.2. The van der Waals surface area contributed by atoms with Gasteiger partial charge in [0, 0.05) is 49.7 Å². The Kier molecular flexibility index (Phi) is 34.6. The molecular weight excluding hydrogens is 901 g/mol. The van der Waals surface area contributed by atoms with Crippen molar-refractivity contribution >= 4 is 72.4 Å². The normalized spacial score (nSPS) is 14.0. The molecule has 9 N–H and O–H groups in total. The number of carboxylic acid groups (broad SMARTS) is 3. The van der Waals surface area contributed by atoms with E-state index in [1.165, 1.54) is 0 Å². The number of hydrogen-bond acceptors (Lipinski definition) is 16. The number of carbonyl (C=O) groups excluding carboxylic acids is 11. The zero-order chi connectivity index (χ0) is 45.4. The van der Waals surface area contributed by atoms with Crippen molar-refractivity contribution in [3.05, 3.63) is 35.4 Å². The molecule has 1 aromatic carbocycles. The molecule has 0 radical (unpaired) electrons. The maximum absolute atomic E-state index is 13.7. The third-order valence-corrected chi connectivity index (χ3v) is 8.76. The molecule has 0 aromatic heterocycles. The molecule has 0 aliphatic carbocycles. The van der Waals surface area contributed by atoms with Gasteiger partial charge in [-0.15, -0.1) is 0 Å². The van der Waals surface area contributed by atoms with Gasteiger partial charge >= 0.3 is 118 Å². The molecule has 0 heterocycles. The molecular formula is C34H44N7Na4O17P.